The van der Waals surface area contributed by atoms with Crippen LogP contribution in [-0.2, 0) is 24.1 Å². The van der Waals surface area contributed by atoms with Crippen LogP contribution in [0, 0.1) is 13.8 Å². The van der Waals surface area contributed by atoms with Crippen molar-refractivity contribution < 1.29 is 9.53 Å². The lowest BCUT2D eigenvalue weighted by Crippen LogP contribution is -2.28. The van der Waals surface area contributed by atoms with Crippen molar-refractivity contribution in [3.05, 3.63) is 33.5 Å². The predicted molar refractivity (Wildman–Crippen MR) is 119 cm³/mol. The molecular formula is C22H34N4O2S. The summed E-state index contributed by atoms with van der Waals surface area (Å²) in [6.07, 6.45) is 4.26. The zero-order chi connectivity index (χ0) is 21.0. The number of fused-ring (bicyclic) bond motifs is 1. The van der Waals surface area contributed by atoms with Crippen LogP contribution in [0.4, 0.5) is 5.00 Å². The van der Waals surface area contributed by atoms with Crippen molar-refractivity contribution in [2.24, 2.45) is 0 Å². The third-order valence-electron chi connectivity index (χ3n) is 5.85. The lowest BCUT2D eigenvalue weighted by Gasteiger charge is -2.22. The Morgan fingerprint density at radius 1 is 1.34 bits per heavy atom. The summed E-state index contributed by atoms with van der Waals surface area (Å²) >= 11 is 1.64. The minimum absolute atomic E-state index is 0.118. The molecule has 0 saturated carbocycles. The zero-order valence-corrected chi connectivity index (χ0v) is 19.3. The van der Waals surface area contributed by atoms with E-state index in [4.69, 9.17) is 4.74 Å². The molecule has 0 fully saturated rings. The molecular weight excluding hydrogens is 384 g/mol. The molecule has 0 aromatic carbocycles. The van der Waals surface area contributed by atoms with E-state index in [-0.39, 0.29) is 5.91 Å². The number of rotatable bonds is 8. The van der Waals surface area contributed by atoms with Crippen LogP contribution < -0.4 is 4.90 Å². The Bertz CT molecular complexity index is 842. The molecule has 0 aliphatic carbocycles. The Morgan fingerprint density at radius 2 is 2.14 bits per heavy atom. The average Bonchev–Trinajstić information content (AvgIpc) is 3.19. The number of likely N-dealkylation sites (N-methyl/N-ethyl adjacent to an activating group) is 1. The Labute approximate surface area is 178 Å². The highest BCUT2D eigenvalue weighted by Crippen LogP contribution is 2.35. The van der Waals surface area contributed by atoms with Gasteiger partial charge in [-0.15, -0.1) is 11.3 Å². The molecule has 2 aromatic heterocycles. The highest BCUT2D eigenvalue weighted by atomic mass is 32.1. The van der Waals surface area contributed by atoms with Gasteiger partial charge < -0.3 is 14.5 Å². The van der Waals surface area contributed by atoms with Crippen molar-refractivity contribution in [2.75, 3.05) is 45.3 Å². The number of hydrogen-bond donors (Lipinski definition) is 0. The fourth-order valence-electron chi connectivity index (χ4n) is 4.08. The molecule has 1 aliphatic heterocycles. The molecule has 0 radical (unpaired) electrons. The Balaban J connectivity index is 1.69. The molecule has 1 amide bonds. The van der Waals surface area contributed by atoms with Gasteiger partial charge in [0.15, 0.2) is 0 Å². The highest BCUT2D eigenvalue weighted by Gasteiger charge is 2.23. The van der Waals surface area contributed by atoms with E-state index in [9.17, 15) is 4.79 Å². The number of methoxy groups -OCH3 is 1. The summed E-state index contributed by atoms with van der Waals surface area (Å²) in [5, 5.41) is 5.85. The molecule has 29 heavy (non-hydrogen) atoms. The first-order chi connectivity index (χ1) is 14.0. The molecule has 160 valence electrons. The number of carbonyl (C=O) groups is 1. The Morgan fingerprint density at radius 3 is 2.83 bits per heavy atom. The van der Waals surface area contributed by atoms with Gasteiger partial charge in [-0.1, -0.05) is 0 Å². The molecule has 7 heteroatoms. The van der Waals surface area contributed by atoms with Gasteiger partial charge in [0.2, 0.25) is 0 Å². The minimum Gasteiger partial charge on any atom is -0.383 e. The fourth-order valence-corrected chi connectivity index (χ4v) is 5.34. The number of carbonyl (C=O) groups excluding carboxylic acids is 1. The fraction of sp³-hybridized carbons (Fsp3) is 0.636. The van der Waals surface area contributed by atoms with Gasteiger partial charge in [0, 0.05) is 46.0 Å². The van der Waals surface area contributed by atoms with Crippen LogP contribution in [0.3, 0.4) is 0 Å². The van der Waals surface area contributed by atoms with Crippen LogP contribution in [0.15, 0.2) is 6.07 Å². The quantitative estimate of drug-likeness (QED) is 0.656. The molecule has 3 rings (SSSR count). The van der Waals surface area contributed by atoms with Crippen LogP contribution in [0.1, 0.15) is 52.0 Å². The maximum atomic E-state index is 13.1. The third kappa shape index (κ3) is 4.83. The van der Waals surface area contributed by atoms with Crippen LogP contribution in [0.5, 0.6) is 0 Å². The number of hydrogen-bond acceptors (Lipinski definition) is 5. The molecule has 6 nitrogen and oxygen atoms in total. The molecule has 0 N–H and O–H groups in total. The normalized spacial score (nSPS) is 14.0. The van der Waals surface area contributed by atoms with Gasteiger partial charge in [-0.05, 0) is 63.6 Å². The zero-order valence-electron chi connectivity index (χ0n) is 18.5. The summed E-state index contributed by atoms with van der Waals surface area (Å²) in [5.74, 6) is 0.118. The first-order valence-corrected chi connectivity index (χ1v) is 11.4. The maximum Gasteiger partial charge on any atom is 0.263 e. The summed E-state index contributed by atoms with van der Waals surface area (Å²) in [5.41, 5.74) is 4.86. The lowest BCUT2D eigenvalue weighted by atomic mass is 10.1. The maximum absolute atomic E-state index is 13.1. The summed E-state index contributed by atoms with van der Waals surface area (Å²) in [6.45, 7) is 10.5. The standard InChI is InChI=1S/C22H34N4O2S/c1-6-26-17(3)19(16(2)23-26)10-12-24(4)21(27)20-15-18-9-7-8-11-25(13-14-28-5)22(18)29-20/h15H,6-14H2,1-5H3. The van der Waals surface area contributed by atoms with Crippen molar-refractivity contribution in [3.8, 4) is 0 Å². The average molecular weight is 419 g/mol. The first kappa shape index (κ1) is 21.8. The van der Waals surface area contributed by atoms with Crippen LogP contribution in [0.25, 0.3) is 0 Å². The third-order valence-corrected chi connectivity index (χ3v) is 7.08. The molecule has 0 bridgehead atoms. The van der Waals surface area contributed by atoms with E-state index in [1.807, 2.05) is 16.6 Å². The van der Waals surface area contributed by atoms with E-state index >= 15 is 0 Å². The largest absolute Gasteiger partial charge is 0.383 e. The van der Waals surface area contributed by atoms with Crippen molar-refractivity contribution in [3.63, 3.8) is 0 Å². The molecule has 1 aliphatic rings. The van der Waals surface area contributed by atoms with E-state index < -0.39 is 0 Å². The Kier molecular flexibility index (Phi) is 7.35. The summed E-state index contributed by atoms with van der Waals surface area (Å²) in [6, 6.07) is 2.12. The van der Waals surface area contributed by atoms with E-state index in [1.165, 1.54) is 34.7 Å². The van der Waals surface area contributed by atoms with Crippen molar-refractivity contribution in [1.29, 1.82) is 0 Å². The minimum atomic E-state index is 0.118. The van der Waals surface area contributed by atoms with Gasteiger partial charge in [-0.25, -0.2) is 0 Å². The lowest BCUT2D eigenvalue weighted by molar-refractivity contribution is 0.0801. The first-order valence-electron chi connectivity index (χ1n) is 10.6. The van der Waals surface area contributed by atoms with Crippen LogP contribution in [-0.4, -0.2) is 61.0 Å². The smallest absolute Gasteiger partial charge is 0.263 e. The molecule has 0 saturated heterocycles. The van der Waals surface area contributed by atoms with Gasteiger partial charge in [0.05, 0.1) is 22.2 Å². The number of thiophene rings is 1. The van der Waals surface area contributed by atoms with Gasteiger partial charge in [-0.3, -0.25) is 9.48 Å². The van der Waals surface area contributed by atoms with Crippen LogP contribution >= 0.6 is 11.3 Å². The molecule has 0 atom stereocenters. The van der Waals surface area contributed by atoms with E-state index in [0.29, 0.717) is 13.2 Å². The van der Waals surface area contributed by atoms with Crippen molar-refractivity contribution >= 4 is 22.2 Å². The number of ether oxygens (including phenoxy) is 1. The Hall–Kier alpha value is -1.86. The molecule has 0 unspecified atom stereocenters. The van der Waals surface area contributed by atoms with Gasteiger partial charge in [-0.2, -0.15) is 5.10 Å². The van der Waals surface area contributed by atoms with E-state index in [2.05, 4.69) is 36.8 Å². The van der Waals surface area contributed by atoms with Gasteiger partial charge >= 0.3 is 0 Å². The second-order valence-corrected chi connectivity index (χ2v) is 8.85. The van der Waals surface area contributed by atoms with Gasteiger partial charge in [0.25, 0.3) is 5.91 Å². The SMILES string of the molecule is CCn1nc(C)c(CCN(C)C(=O)c2cc3c(s2)N(CCOC)CCCC3)c1C. The summed E-state index contributed by atoms with van der Waals surface area (Å²) < 4.78 is 7.32. The van der Waals surface area contributed by atoms with E-state index in [1.54, 1.807) is 18.4 Å². The number of aryl methyl sites for hydroxylation is 3. The molecule has 0 spiro atoms. The monoisotopic (exact) mass is 418 g/mol. The predicted octanol–water partition coefficient (Wildman–Crippen LogP) is 3.69. The number of nitrogens with zero attached hydrogens (tertiary/aromatic N) is 4. The summed E-state index contributed by atoms with van der Waals surface area (Å²) in [4.78, 5) is 18.2. The number of anilines is 1. The molecule has 3 heterocycles. The van der Waals surface area contributed by atoms with Crippen molar-refractivity contribution in [2.45, 2.75) is 53.0 Å². The van der Waals surface area contributed by atoms with Crippen LogP contribution in [0.2, 0.25) is 0 Å². The highest BCUT2D eigenvalue weighted by molar-refractivity contribution is 7.18. The molecule has 2 aromatic rings. The second-order valence-electron chi connectivity index (χ2n) is 7.82. The number of amides is 1. The number of aromatic nitrogens is 2. The second kappa shape index (κ2) is 9.76. The topological polar surface area (TPSA) is 50.6 Å². The van der Waals surface area contributed by atoms with Crippen molar-refractivity contribution in [1.82, 2.24) is 14.7 Å². The summed E-state index contributed by atoms with van der Waals surface area (Å²) in [7, 11) is 3.65. The van der Waals surface area contributed by atoms with Gasteiger partial charge in [0.1, 0.15) is 0 Å². The van der Waals surface area contributed by atoms with E-state index in [0.717, 1.165) is 43.0 Å².